The van der Waals surface area contributed by atoms with Crippen LogP contribution in [0.4, 0.5) is 11.5 Å². The first-order chi connectivity index (χ1) is 8.86. The van der Waals surface area contributed by atoms with E-state index in [1.54, 1.807) is 0 Å². The largest absolute Gasteiger partial charge is 0.464 e. The summed E-state index contributed by atoms with van der Waals surface area (Å²) in [7, 11) is 1.26. The van der Waals surface area contributed by atoms with Gasteiger partial charge in [0.15, 0.2) is 11.5 Å². The summed E-state index contributed by atoms with van der Waals surface area (Å²) in [5, 5.41) is 2.85. The second-order valence-electron chi connectivity index (χ2n) is 4.39. The highest BCUT2D eigenvalue weighted by Crippen LogP contribution is 2.19. The van der Waals surface area contributed by atoms with Gasteiger partial charge in [0.2, 0.25) is 5.91 Å². The van der Waals surface area contributed by atoms with Crippen LogP contribution in [0, 0.1) is 5.92 Å². The maximum Gasteiger partial charge on any atom is 0.356 e. The Morgan fingerprint density at radius 2 is 2.00 bits per heavy atom. The van der Waals surface area contributed by atoms with Gasteiger partial charge in [0, 0.05) is 0 Å². The fraction of sp³-hybridized carbons (Fsp3) is 0.417. The zero-order valence-corrected chi connectivity index (χ0v) is 11.1. The van der Waals surface area contributed by atoms with Crippen LogP contribution in [0.1, 0.15) is 24.3 Å². The maximum absolute atomic E-state index is 11.4. The number of primary amides is 1. The second-order valence-corrected chi connectivity index (χ2v) is 4.39. The molecule has 0 spiro atoms. The Morgan fingerprint density at radius 1 is 1.37 bits per heavy atom. The Balaban J connectivity index is 3.05. The Hall–Kier alpha value is -2.31. The first-order valence-electron chi connectivity index (χ1n) is 5.77. The summed E-state index contributed by atoms with van der Waals surface area (Å²) in [5.41, 5.74) is 11.5. The van der Waals surface area contributed by atoms with Gasteiger partial charge >= 0.3 is 5.97 Å². The molecule has 0 aliphatic rings. The molecule has 1 unspecified atom stereocenters. The van der Waals surface area contributed by atoms with Crippen LogP contribution in [0.25, 0.3) is 0 Å². The van der Waals surface area contributed by atoms with E-state index in [1.807, 2.05) is 13.8 Å². The van der Waals surface area contributed by atoms with Gasteiger partial charge in [-0.2, -0.15) is 0 Å². The Kier molecular flexibility index (Phi) is 4.68. The number of carbonyl (C=O) groups excluding carboxylic acids is 2. The van der Waals surface area contributed by atoms with Gasteiger partial charge in [0.25, 0.3) is 0 Å². The second kappa shape index (κ2) is 6.03. The molecule has 1 atom stereocenters. The number of aromatic nitrogens is 1. The molecule has 1 aromatic rings. The van der Waals surface area contributed by atoms with Crippen molar-refractivity contribution < 1.29 is 14.3 Å². The molecule has 1 rings (SSSR count). The molecule has 5 N–H and O–H groups in total. The third-order valence-electron chi connectivity index (χ3n) is 2.59. The fourth-order valence-corrected chi connectivity index (χ4v) is 1.52. The van der Waals surface area contributed by atoms with Gasteiger partial charge in [-0.25, -0.2) is 9.78 Å². The molecule has 0 saturated carbocycles. The quantitative estimate of drug-likeness (QED) is 0.662. The minimum Gasteiger partial charge on any atom is -0.464 e. The maximum atomic E-state index is 11.4. The minimum atomic E-state index is -0.623. The van der Waals surface area contributed by atoms with E-state index in [-0.39, 0.29) is 17.4 Å². The highest BCUT2D eigenvalue weighted by atomic mass is 16.5. The Labute approximate surface area is 111 Å². The van der Waals surface area contributed by atoms with E-state index in [1.165, 1.54) is 19.2 Å². The van der Waals surface area contributed by atoms with E-state index in [9.17, 15) is 9.59 Å². The molecule has 0 saturated heterocycles. The van der Waals surface area contributed by atoms with Crippen molar-refractivity contribution in [2.45, 2.75) is 19.9 Å². The van der Waals surface area contributed by atoms with E-state index < -0.39 is 17.9 Å². The number of ether oxygens (including phenoxy) is 1. The summed E-state index contributed by atoms with van der Waals surface area (Å²) in [5.74, 6) is -0.899. The molecular formula is C12H18N4O3. The lowest BCUT2D eigenvalue weighted by Gasteiger charge is -2.20. The summed E-state index contributed by atoms with van der Waals surface area (Å²) in [6.07, 6.45) is 0. The van der Waals surface area contributed by atoms with E-state index in [0.717, 1.165) is 0 Å². The number of carbonyl (C=O) groups is 2. The topological polar surface area (TPSA) is 120 Å². The van der Waals surface area contributed by atoms with Gasteiger partial charge in [0.1, 0.15) is 6.04 Å². The van der Waals surface area contributed by atoms with Crippen molar-refractivity contribution in [3.63, 3.8) is 0 Å². The van der Waals surface area contributed by atoms with Crippen LogP contribution < -0.4 is 16.8 Å². The minimum absolute atomic E-state index is 0.0412. The summed E-state index contributed by atoms with van der Waals surface area (Å²) >= 11 is 0. The van der Waals surface area contributed by atoms with E-state index >= 15 is 0 Å². The van der Waals surface area contributed by atoms with Crippen LogP contribution in [0.3, 0.4) is 0 Å². The van der Waals surface area contributed by atoms with Gasteiger partial charge in [-0.1, -0.05) is 13.8 Å². The highest BCUT2D eigenvalue weighted by molar-refractivity contribution is 5.89. The average molecular weight is 266 g/mol. The first-order valence-corrected chi connectivity index (χ1v) is 5.77. The molecule has 0 fully saturated rings. The SMILES string of the molecule is COC(=O)c1ccc(N)c(NC(C(N)=O)C(C)C)n1. The Bertz CT molecular complexity index is 488. The molecule has 104 valence electrons. The lowest BCUT2D eigenvalue weighted by atomic mass is 10.0. The lowest BCUT2D eigenvalue weighted by molar-refractivity contribution is -0.119. The number of nitrogens with one attached hydrogen (secondary N) is 1. The van der Waals surface area contributed by atoms with Crippen molar-refractivity contribution in [2.24, 2.45) is 11.7 Å². The number of hydrogen-bond donors (Lipinski definition) is 3. The fourth-order valence-electron chi connectivity index (χ4n) is 1.52. The van der Waals surface area contributed by atoms with E-state index in [4.69, 9.17) is 11.5 Å². The molecule has 0 radical (unpaired) electrons. The molecule has 1 amide bonds. The van der Waals surface area contributed by atoms with E-state index in [2.05, 4.69) is 15.0 Å². The van der Waals surface area contributed by atoms with Crippen molar-refractivity contribution in [1.82, 2.24) is 4.98 Å². The van der Waals surface area contributed by atoms with Crippen LogP contribution in [-0.4, -0.2) is 30.0 Å². The monoisotopic (exact) mass is 266 g/mol. The van der Waals surface area contributed by atoms with Crippen LogP contribution >= 0.6 is 0 Å². The predicted octanol–water partition coefficient (Wildman–Crippen LogP) is 0.372. The summed E-state index contributed by atoms with van der Waals surface area (Å²) in [4.78, 5) is 26.7. The Morgan fingerprint density at radius 3 is 2.47 bits per heavy atom. The normalized spacial score (nSPS) is 12.0. The van der Waals surface area contributed by atoms with Crippen LogP contribution in [0.15, 0.2) is 12.1 Å². The highest BCUT2D eigenvalue weighted by Gasteiger charge is 2.21. The molecule has 1 heterocycles. The van der Waals surface area contributed by atoms with Gasteiger partial charge in [-0.3, -0.25) is 4.79 Å². The molecular weight excluding hydrogens is 248 g/mol. The van der Waals surface area contributed by atoms with Gasteiger partial charge in [-0.05, 0) is 18.1 Å². The molecule has 0 aliphatic carbocycles. The number of anilines is 2. The zero-order chi connectivity index (χ0) is 14.6. The van der Waals surface area contributed by atoms with Crippen LogP contribution in [-0.2, 0) is 9.53 Å². The summed E-state index contributed by atoms with van der Waals surface area (Å²) in [6, 6.07) is 2.34. The number of rotatable bonds is 5. The number of esters is 1. The number of pyridine rings is 1. The molecule has 0 aliphatic heterocycles. The average Bonchev–Trinajstić information content (AvgIpc) is 2.35. The van der Waals surface area contributed by atoms with E-state index in [0.29, 0.717) is 5.69 Å². The summed E-state index contributed by atoms with van der Waals surface area (Å²) < 4.78 is 4.57. The first kappa shape index (κ1) is 14.7. The van der Waals surface area contributed by atoms with Crippen molar-refractivity contribution >= 4 is 23.4 Å². The number of methoxy groups -OCH3 is 1. The molecule has 7 heteroatoms. The summed E-state index contributed by atoms with van der Waals surface area (Å²) in [6.45, 7) is 3.67. The molecule has 1 aromatic heterocycles. The zero-order valence-electron chi connectivity index (χ0n) is 11.1. The van der Waals surface area contributed by atoms with Crippen molar-refractivity contribution in [2.75, 3.05) is 18.2 Å². The van der Waals surface area contributed by atoms with Gasteiger partial charge in [-0.15, -0.1) is 0 Å². The third kappa shape index (κ3) is 3.57. The van der Waals surface area contributed by atoms with Crippen molar-refractivity contribution in [1.29, 1.82) is 0 Å². The number of amides is 1. The predicted molar refractivity (Wildman–Crippen MR) is 71.4 cm³/mol. The molecule has 0 aromatic carbocycles. The van der Waals surface area contributed by atoms with Crippen LogP contribution in [0.2, 0.25) is 0 Å². The molecule has 7 nitrogen and oxygen atoms in total. The van der Waals surface area contributed by atoms with Gasteiger partial charge in [0.05, 0.1) is 12.8 Å². The number of hydrogen-bond acceptors (Lipinski definition) is 6. The third-order valence-corrected chi connectivity index (χ3v) is 2.59. The standard InChI is InChI=1S/C12H18N4O3/c1-6(2)9(10(14)17)16-11-7(13)4-5-8(15-11)12(18)19-3/h4-6,9H,13H2,1-3H3,(H2,14,17)(H,15,16). The molecule has 0 bridgehead atoms. The number of nitrogens with zero attached hydrogens (tertiary/aromatic N) is 1. The van der Waals surface area contributed by atoms with Crippen LogP contribution in [0.5, 0.6) is 0 Å². The van der Waals surface area contributed by atoms with Crippen molar-refractivity contribution in [3.05, 3.63) is 17.8 Å². The van der Waals surface area contributed by atoms with Crippen molar-refractivity contribution in [3.8, 4) is 0 Å². The smallest absolute Gasteiger partial charge is 0.356 e. The number of nitrogen functional groups attached to an aromatic ring is 1. The molecule has 19 heavy (non-hydrogen) atoms. The number of nitrogens with two attached hydrogens (primary N) is 2. The van der Waals surface area contributed by atoms with Gasteiger partial charge < -0.3 is 21.5 Å². The lowest BCUT2D eigenvalue weighted by Crippen LogP contribution is -2.40.